The molecule has 5 heteroatoms. The van der Waals surface area contributed by atoms with Crippen LogP contribution in [0.15, 0.2) is 24.3 Å². The van der Waals surface area contributed by atoms with Crippen LogP contribution in [-0.4, -0.2) is 24.4 Å². The van der Waals surface area contributed by atoms with E-state index in [0.717, 1.165) is 5.56 Å². The number of benzene rings is 1. The molecule has 0 spiro atoms. The highest BCUT2D eigenvalue weighted by Crippen LogP contribution is 2.12. The summed E-state index contributed by atoms with van der Waals surface area (Å²) in [5.41, 5.74) is 0.983. The van der Waals surface area contributed by atoms with Crippen molar-refractivity contribution < 1.29 is 14.0 Å². The number of nitrogens with one attached hydrogen (secondary N) is 2. The first-order valence-electron chi connectivity index (χ1n) is 6.86. The van der Waals surface area contributed by atoms with Crippen molar-refractivity contribution in [2.24, 2.45) is 5.92 Å². The molecule has 1 fully saturated rings. The third-order valence-corrected chi connectivity index (χ3v) is 3.48. The molecule has 0 aliphatic carbocycles. The Labute approximate surface area is 117 Å². The minimum absolute atomic E-state index is 0.00779. The second-order valence-electron chi connectivity index (χ2n) is 5.28. The molecule has 2 N–H and O–H groups in total. The fourth-order valence-corrected chi connectivity index (χ4v) is 2.34. The molecule has 1 heterocycles. The fraction of sp³-hybridized carbons (Fsp3) is 0.467. The first kappa shape index (κ1) is 14.5. The maximum atomic E-state index is 12.8. The Kier molecular flexibility index (Phi) is 4.71. The summed E-state index contributed by atoms with van der Waals surface area (Å²) in [6.45, 7) is 2.33. The summed E-state index contributed by atoms with van der Waals surface area (Å²) in [4.78, 5) is 23.1. The predicted molar refractivity (Wildman–Crippen MR) is 73.4 cm³/mol. The van der Waals surface area contributed by atoms with Crippen LogP contribution in [0, 0.1) is 11.7 Å². The van der Waals surface area contributed by atoms with Crippen LogP contribution >= 0.6 is 0 Å². The number of carbonyl (C=O) groups excluding carboxylic acids is 2. The van der Waals surface area contributed by atoms with E-state index in [-0.39, 0.29) is 29.6 Å². The van der Waals surface area contributed by atoms with Gasteiger partial charge in [0.1, 0.15) is 5.82 Å². The maximum absolute atomic E-state index is 12.8. The topological polar surface area (TPSA) is 58.2 Å². The lowest BCUT2D eigenvalue weighted by Crippen LogP contribution is -2.45. The van der Waals surface area contributed by atoms with Crippen LogP contribution in [0.1, 0.15) is 25.3 Å². The average molecular weight is 278 g/mol. The smallest absolute Gasteiger partial charge is 0.225 e. The van der Waals surface area contributed by atoms with Crippen molar-refractivity contribution in [2.75, 3.05) is 6.54 Å². The normalized spacial score (nSPS) is 20.1. The molecule has 0 bridgehead atoms. The van der Waals surface area contributed by atoms with Gasteiger partial charge >= 0.3 is 0 Å². The van der Waals surface area contributed by atoms with E-state index in [1.54, 1.807) is 12.1 Å². The number of piperidine rings is 1. The van der Waals surface area contributed by atoms with Crippen LogP contribution in [0.5, 0.6) is 0 Å². The summed E-state index contributed by atoms with van der Waals surface area (Å²) in [6, 6.07) is 6.25. The highest BCUT2D eigenvalue weighted by molar-refractivity contribution is 5.83. The minimum Gasteiger partial charge on any atom is -0.355 e. The molecular weight excluding hydrogens is 259 g/mol. The van der Waals surface area contributed by atoms with Crippen molar-refractivity contribution in [3.8, 4) is 0 Å². The van der Waals surface area contributed by atoms with Crippen molar-refractivity contribution in [2.45, 2.75) is 32.2 Å². The predicted octanol–water partition coefficient (Wildman–Crippen LogP) is 1.40. The summed E-state index contributed by atoms with van der Waals surface area (Å²) in [7, 11) is 0. The van der Waals surface area contributed by atoms with Gasteiger partial charge < -0.3 is 10.6 Å². The highest BCUT2D eigenvalue weighted by Gasteiger charge is 2.25. The van der Waals surface area contributed by atoms with Crippen LogP contribution in [0.25, 0.3) is 0 Å². The summed E-state index contributed by atoms with van der Waals surface area (Å²) < 4.78 is 12.8. The van der Waals surface area contributed by atoms with E-state index in [0.29, 0.717) is 25.8 Å². The molecule has 1 aliphatic heterocycles. The number of carbonyl (C=O) groups is 2. The van der Waals surface area contributed by atoms with Gasteiger partial charge in [0.2, 0.25) is 11.8 Å². The lowest BCUT2D eigenvalue weighted by atomic mass is 9.97. The molecule has 2 amide bonds. The van der Waals surface area contributed by atoms with Gasteiger partial charge in [-0.05, 0) is 37.5 Å². The number of amides is 2. The second kappa shape index (κ2) is 6.50. The fourth-order valence-electron chi connectivity index (χ4n) is 2.34. The Balaban J connectivity index is 1.81. The molecule has 20 heavy (non-hydrogen) atoms. The van der Waals surface area contributed by atoms with Crippen molar-refractivity contribution >= 4 is 11.8 Å². The molecule has 2 rings (SSSR count). The molecule has 2 atom stereocenters. The van der Waals surface area contributed by atoms with Crippen molar-refractivity contribution in [1.29, 1.82) is 0 Å². The zero-order valence-electron chi connectivity index (χ0n) is 11.5. The molecule has 1 saturated heterocycles. The van der Waals surface area contributed by atoms with Crippen LogP contribution < -0.4 is 10.6 Å². The molecule has 4 nitrogen and oxygen atoms in total. The van der Waals surface area contributed by atoms with Crippen LogP contribution in [-0.2, 0) is 16.0 Å². The van der Waals surface area contributed by atoms with E-state index in [9.17, 15) is 14.0 Å². The zero-order chi connectivity index (χ0) is 14.5. The Morgan fingerprint density at radius 2 is 2.15 bits per heavy atom. The van der Waals surface area contributed by atoms with Crippen LogP contribution in [0.2, 0.25) is 0 Å². The summed E-state index contributed by atoms with van der Waals surface area (Å²) in [6.07, 6.45) is 1.66. The quantitative estimate of drug-likeness (QED) is 0.874. The number of hydrogen-bond donors (Lipinski definition) is 2. The minimum atomic E-state index is -0.261. The summed E-state index contributed by atoms with van der Waals surface area (Å²) in [5.74, 6) is -0.431. The van der Waals surface area contributed by atoms with Gasteiger partial charge in [-0.15, -0.1) is 0 Å². The van der Waals surface area contributed by atoms with Gasteiger partial charge in [-0.3, -0.25) is 9.59 Å². The summed E-state index contributed by atoms with van der Waals surface area (Å²) in [5, 5.41) is 5.64. The summed E-state index contributed by atoms with van der Waals surface area (Å²) >= 11 is 0. The third-order valence-electron chi connectivity index (χ3n) is 3.48. The van der Waals surface area contributed by atoms with E-state index in [1.165, 1.54) is 12.1 Å². The van der Waals surface area contributed by atoms with Crippen molar-refractivity contribution in [3.05, 3.63) is 35.6 Å². The van der Waals surface area contributed by atoms with Gasteiger partial charge in [0, 0.05) is 19.0 Å². The van der Waals surface area contributed by atoms with Gasteiger partial charge in [0.25, 0.3) is 0 Å². The van der Waals surface area contributed by atoms with Crippen LogP contribution in [0.3, 0.4) is 0 Å². The van der Waals surface area contributed by atoms with E-state index in [1.807, 2.05) is 6.92 Å². The molecule has 1 aromatic carbocycles. The molecular formula is C15H19FN2O2. The maximum Gasteiger partial charge on any atom is 0.225 e. The van der Waals surface area contributed by atoms with Crippen molar-refractivity contribution in [1.82, 2.24) is 10.6 Å². The molecule has 0 aromatic heterocycles. The lowest BCUT2D eigenvalue weighted by molar-refractivity contribution is -0.129. The van der Waals surface area contributed by atoms with E-state index in [4.69, 9.17) is 0 Å². The monoisotopic (exact) mass is 278 g/mol. The third kappa shape index (κ3) is 4.05. The first-order chi connectivity index (χ1) is 9.54. The highest BCUT2D eigenvalue weighted by atomic mass is 19.1. The van der Waals surface area contributed by atoms with Gasteiger partial charge in [-0.2, -0.15) is 0 Å². The van der Waals surface area contributed by atoms with Crippen LogP contribution in [0.4, 0.5) is 4.39 Å². The Bertz CT molecular complexity index is 477. The number of halogens is 1. The largest absolute Gasteiger partial charge is 0.355 e. The first-order valence-corrected chi connectivity index (χ1v) is 6.86. The van der Waals surface area contributed by atoms with Gasteiger partial charge in [-0.25, -0.2) is 4.39 Å². The standard InChI is InChI=1S/C15H19FN2O2/c1-10(8-11-2-5-13(16)6-3-11)18-15(20)12-4-7-14(19)17-9-12/h2-3,5-6,10,12H,4,7-9H2,1H3,(H,17,19)(H,18,20). The molecule has 2 unspecified atom stereocenters. The van der Waals surface area contributed by atoms with Crippen molar-refractivity contribution in [3.63, 3.8) is 0 Å². The van der Waals surface area contributed by atoms with E-state index < -0.39 is 0 Å². The zero-order valence-corrected chi connectivity index (χ0v) is 11.5. The SMILES string of the molecule is CC(Cc1ccc(F)cc1)NC(=O)C1CCC(=O)NC1. The molecule has 1 aliphatic rings. The van der Waals surface area contributed by atoms with Gasteiger partial charge in [0.05, 0.1) is 5.92 Å². The molecule has 0 radical (unpaired) electrons. The number of hydrogen-bond acceptors (Lipinski definition) is 2. The molecule has 0 saturated carbocycles. The second-order valence-corrected chi connectivity index (χ2v) is 5.28. The van der Waals surface area contributed by atoms with E-state index in [2.05, 4.69) is 10.6 Å². The Morgan fingerprint density at radius 3 is 2.75 bits per heavy atom. The molecule has 1 aromatic rings. The van der Waals surface area contributed by atoms with Gasteiger partial charge in [0.15, 0.2) is 0 Å². The lowest BCUT2D eigenvalue weighted by Gasteiger charge is -2.23. The average Bonchev–Trinajstić information content (AvgIpc) is 2.42. The Morgan fingerprint density at radius 1 is 1.45 bits per heavy atom. The Hall–Kier alpha value is -1.91. The van der Waals surface area contributed by atoms with E-state index >= 15 is 0 Å². The molecule has 108 valence electrons. The van der Waals surface area contributed by atoms with Gasteiger partial charge in [-0.1, -0.05) is 12.1 Å². The number of rotatable bonds is 4.